The highest BCUT2D eigenvalue weighted by molar-refractivity contribution is 9.10. The lowest BCUT2D eigenvalue weighted by molar-refractivity contribution is 0.119. The lowest BCUT2D eigenvalue weighted by Crippen LogP contribution is -2.38. The molecule has 1 unspecified atom stereocenters. The highest BCUT2D eigenvalue weighted by Crippen LogP contribution is 2.21. The van der Waals surface area contributed by atoms with Gasteiger partial charge in [-0.2, -0.15) is 0 Å². The molecule has 2 rings (SSSR count). The summed E-state index contributed by atoms with van der Waals surface area (Å²) in [5.74, 6) is 0.431. The second-order valence-corrected chi connectivity index (χ2v) is 7.35. The molecule has 2 aromatic rings. The fraction of sp³-hybridized carbons (Fsp3) is 0.412. The van der Waals surface area contributed by atoms with Gasteiger partial charge in [-0.1, -0.05) is 15.9 Å². The number of halogens is 2. The summed E-state index contributed by atoms with van der Waals surface area (Å²) in [7, 11) is 5.30. The average Bonchev–Trinajstić information content (AvgIpc) is 3.06. The van der Waals surface area contributed by atoms with Crippen LogP contribution in [0.25, 0.3) is 0 Å². The Kier molecular flexibility index (Phi) is 7.34. The van der Waals surface area contributed by atoms with Gasteiger partial charge in [0.2, 0.25) is 0 Å². The van der Waals surface area contributed by atoms with Crippen molar-refractivity contribution in [3.8, 4) is 0 Å². The van der Waals surface area contributed by atoms with Crippen molar-refractivity contribution >= 4 is 33.2 Å². The molecule has 0 aliphatic rings. The van der Waals surface area contributed by atoms with Crippen molar-refractivity contribution in [2.75, 3.05) is 21.2 Å². The summed E-state index contributed by atoms with van der Waals surface area (Å²) in [6.45, 7) is 2.93. The first-order chi connectivity index (χ1) is 11.9. The van der Waals surface area contributed by atoms with Crippen LogP contribution >= 0.6 is 27.3 Å². The molecule has 136 valence electrons. The lowest BCUT2D eigenvalue weighted by atomic mass is 10.2. The fourth-order valence-corrected chi connectivity index (χ4v) is 3.49. The minimum absolute atomic E-state index is 0.0130. The van der Waals surface area contributed by atoms with Crippen LogP contribution < -0.4 is 5.32 Å². The second kappa shape index (κ2) is 9.26. The van der Waals surface area contributed by atoms with E-state index in [2.05, 4.69) is 31.2 Å². The van der Waals surface area contributed by atoms with Gasteiger partial charge in [0.05, 0.1) is 12.2 Å². The van der Waals surface area contributed by atoms with E-state index in [4.69, 9.17) is 4.74 Å². The number of nitrogens with zero attached hydrogens (tertiary/aromatic N) is 3. The number of rotatable bonds is 6. The molecular weight excluding hydrogens is 407 g/mol. The van der Waals surface area contributed by atoms with Crippen molar-refractivity contribution in [1.29, 1.82) is 0 Å². The van der Waals surface area contributed by atoms with Crippen molar-refractivity contribution in [3.05, 3.63) is 50.1 Å². The molecular formula is C17H22BrFN4OS. The van der Waals surface area contributed by atoms with E-state index < -0.39 is 0 Å². The number of ether oxygens (including phenoxy) is 1. The number of guanidine groups is 1. The van der Waals surface area contributed by atoms with Gasteiger partial charge in [-0.05, 0) is 25.1 Å². The zero-order valence-electron chi connectivity index (χ0n) is 14.7. The molecule has 0 radical (unpaired) electrons. The zero-order chi connectivity index (χ0) is 18.4. The van der Waals surface area contributed by atoms with Crippen LogP contribution in [0.5, 0.6) is 0 Å². The van der Waals surface area contributed by atoms with Gasteiger partial charge in [-0.3, -0.25) is 4.99 Å². The molecule has 1 aromatic carbocycles. The van der Waals surface area contributed by atoms with E-state index >= 15 is 0 Å². The number of benzene rings is 1. The van der Waals surface area contributed by atoms with Gasteiger partial charge in [0.15, 0.2) is 5.96 Å². The molecule has 0 fully saturated rings. The van der Waals surface area contributed by atoms with Crippen molar-refractivity contribution < 1.29 is 9.13 Å². The second-order valence-electron chi connectivity index (χ2n) is 5.55. The molecule has 1 heterocycles. The van der Waals surface area contributed by atoms with Crippen molar-refractivity contribution in [1.82, 2.24) is 15.2 Å². The summed E-state index contributed by atoms with van der Waals surface area (Å²) in [6.07, 6.45) is -0.0130. The Hall–Kier alpha value is -1.51. The molecule has 0 aliphatic heterocycles. The molecule has 1 N–H and O–H groups in total. The molecule has 25 heavy (non-hydrogen) atoms. The van der Waals surface area contributed by atoms with Crippen molar-refractivity contribution in [2.45, 2.75) is 26.1 Å². The van der Waals surface area contributed by atoms with Crippen LogP contribution in [0.2, 0.25) is 0 Å². The predicted molar refractivity (Wildman–Crippen MR) is 103 cm³/mol. The summed E-state index contributed by atoms with van der Waals surface area (Å²) >= 11 is 4.94. The predicted octanol–water partition coefficient (Wildman–Crippen LogP) is 3.96. The van der Waals surface area contributed by atoms with Gasteiger partial charge in [-0.25, -0.2) is 9.37 Å². The summed E-state index contributed by atoms with van der Waals surface area (Å²) in [5.41, 5.74) is 1.52. The third kappa shape index (κ3) is 5.49. The Balaban J connectivity index is 1.98. The lowest BCUT2D eigenvalue weighted by Gasteiger charge is -2.21. The highest BCUT2D eigenvalue weighted by atomic mass is 79.9. The standard InChI is InChI=1S/C17H22BrFN4OS/c1-11(24-4)16-22-14(10-25-16)9-23(3)17(20-2)21-8-12-7-13(18)5-6-15(12)19/h5-7,10-11H,8-9H2,1-4H3,(H,20,21). The van der Waals surface area contributed by atoms with E-state index in [1.165, 1.54) is 6.07 Å². The summed E-state index contributed by atoms with van der Waals surface area (Å²) < 4.78 is 20.0. The average molecular weight is 429 g/mol. The Morgan fingerprint density at radius 3 is 2.96 bits per heavy atom. The number of aliphatic imine (C=N–C) groups is 1. The minimum Gasteiger partial charge on any atom is -0.375 e. The number of aromatic nitrogens is 1. The van der Waals surface area contributed by atoms with Crippen LogP contribution in [0.15, 0.2) is 33.0 Å². The van der Waals surface area contributed by atoms with Crippen LogP contribution in [0, 0.1) is 5.82 Å². The minimum atomic E-state index is -0.244. The van der Waals surface area contributed by atoms with Gasteiger partial charge >= 0.3 is 0 Å². The summed E-state index contributed by atoms with van der Waals surface area (Å²) in [5, 5.41) is 6.15. The van der Waals surface area contributed by atoms with E-state index in [9.17, 15) is 4.39 Å². The summed E-state index contributed by atoms with van der Waals surface area (Å²) in [4.78, 5) is 10.8. The first kappa shape index (κ1) is 19.8. The molecule has 0 bridgehead atoms. The number of methoxy groups -OCH3 is 1. The zero-order valence-corrected chi connectivity index (χ0v) is 17.1. The van der Waals surface area contributed by atoms with E-state index in [0.29, 0.717) is 24.6 Å². The van der Waals surface area contributed by atoms with Gasteiger partial charge < -0.3 is 15.0 Å². The Bertz CT molecular complexity index is 737. The summed E-state index contributed by atoms with van der Waals surface area (Å²) in [6, 6.07) is 4.89. The molecule has 1 atom stereocenters. The Labute approximate surface area is 160 Å². The third-order valence-electron chi connectivity index (χ3n) is 3.69. The van der Waals surface area contributed by atoms with Crippen LogP contribution in [0.3, 0.4) is 0 Å². The Morgan fingerprint density at radius 1 is 1.52 bits per heavy atom. The van der Waals surface area contributed by atoms with Crippen LogP contribution in [0.1, 0.15) is 29.3 Å². The van der Waals surface area contributed by atoms with Gasteiger partial charge in [0.25, 0.3) is 0 Å². The van der Waals surface area contributed by atoms with Crippen molar-refractivity contribution in [3.63, 3.8) is 0 Å². The first-order valence-corrected chi connectivity index (χ1v) is 9.44. The van der Waals surface area contributed by atoms with Crippen LogP contribution in [-0.2, 0) is 17.8 Å². The highest BCUT2D eigenvalue weighted by Gasteiger charge is 2.13. The number of hydrogen-bond donors (Lipinski definition) is 1. The number of thiazole rings is 1. The maximum Gasteiger partial charge on any atom is 0.194 e. The smallest absolute Gasteiger partial charge is 0.194 e. The van der Waals surface area contributed by atoms with E-state index in [0.717, 1.165) is 15.2 Å². The van der Waals surface area contributed by atoms with Crippen molar-refractivity contribution in [2.24, 2.45) is 4.99 Å². The topological polar surface area (TPSA) is 49.8 Å². The van der Waals surface area contributed by atoms with E-state index in [1.54, 1.807) is 37.6 Å². The van der Waals surface area contributed by atoms with Gasteiger partial charge in [-0.15, -0.1) is 11.3 Å². The molecule has 8 heteroatoms. The molecule has 0 saturated carbocycles. The normalized spacial score (nSPS) is 13.0. The van der Waals surface area contributed by atoms with Gasteiger partial charge in [0.1, 0.15) is 16.9 Å². The quantitative estimate of drug-likeness (QED) is 0.558. The largest absolute Gasteiger partial charge is 0.375 e. The van der Waals surface area contributed by atoms with Crippen LogP contribution in [0.4, 0.5) is 4.39 Å². The molecule has 0 spiro atoms. The first-order valence-electron chi connectivity index (χ1n) is 7.77. The van der Waals surface area contributed by atoms with Gasteiger partial charge in [0, 0.05) is 43.2 Å². The van der Waals surface area contributed by atoms with Crippen LogP contribution in [-0.4, -0.2) is 37.0 Å². The monoisotopic (exact) mass is 428 g/mol. The molecule has 5 nitrogen and oxygen atoms in total. The van der Waals surface area contributed by atoms with E-state index in [1.807, 2.05) is 24.3 Å². The molecule has 1 aromatic heterocycles. The molecule has 0 amide bonds. The molecule has 0 saturated heterocycles. The third-order valence-corrected chi connectivity index (χ3v) is 5.24. The molecule has 0 aliphatic carbocycles. The SMILES string of the molecule is CN=C(NCc1cc(Br)ccc1F)N(C)Cc1csc(C(C)OC)n1. The maximum absolute atomic E-state index is 13.8. The number of nitrogens with one attached hydrogen (secondary N) is 1. The Morgan fingerprint density at radius 2 is 2.28 bits per heavy atom. The maximum atomic E-state index is 13.8. The fourth-order valence-electron chi connectivity index (χ4n) is 2.24. The van der Waals surface area contributed by atoms with E-state index in [-0.39, 0.29) is 11.9 Å². The number of hydrogen-bond acceptors (Lipinski definition) is 4.